The molecule has 22 heavy (non-hydrogen) atoms. The number of nitrogens with zero attached hydrogens (tertiary/aromatic N) is 2. The number of fused-ring (bicyclic) bond motifs is 1. The topological polar surface area (TPSA) is 75.0 Å². The average molecular weight is 345 g/mol. The maximum atomic E-state index is 12.1. The number of nitrogens with one attached hydrogen (secondary N) is 1. The van der Waals surface area contributed by atoms with E-state index < -0.39 is 0 Å². The molecule has 0 aliphatic rings. The highest BCUT2D eigenvalue weighted by Crippen LogP contribution is 2.16. The molecule has 1 aromatic heterocycles. The highest BCUT2D eigenvalue weighted by atomic mass is 35.5. The summed E-state index contributed by atoms with van der Waals surface area (Å²) in [4.78, 5) is 21.5. The van der Waals surface area contributed by atoms with Gasteiger partial charge in [0.2, 0.25) is 0 Å². The van der Waals surface area contributed by atoms with Gasteiger partial charge in [0.05, 0.1) is 17.4 Å². The molecule has 0 aliphatic heterocycles. The molecule has 2 rings (SSSR count). The van der Waals surface area contributed by atoms with Crippen molar-refractivity contribution in [2.75, 3.05) is 20.1 Å². The molecule has 1 heterocycles. The van der Waals surface area contributed by atoms with Crippen molar-refractivity contribution < 1.29 is 0 Å². The van der Waals surface area contributed by atoms with Crippen molar-refractivity contribution in [1.82, 2.24) is 14.9 Å². The van der Waals surface area contributed by atoms with Crippen LogP contribution in [0.15, 0.2) is 23.0 Å². The lowest BCUT2D eigenvalue weighted by molar-refractivity contribution is 0.206. The summed E-state index contributed by atoms with van der Waals surface area (Å²) in [6, 6.07) is 5.13. The molecule has 1 aromatic carbocycles. The first kappa shape index (κ1) is 18.9. The third-order valence-corrected chi connectivity index (χ3v) is 3.62. The Morgan fingerprint density at radius 2 is 2.09 bits per heavy atom. The fourth-order valence-corrected chi connectivity index (χ4v) is 2.51. The lowest BCUT2D eigenvalue weighted by Gasteiger charge is -2.28. The van der Waals surface area contributed by atoms with Gasteiger partial charge in [0, 0.05) is 11.6 Å². The first-order valence-electron chi connectivity index (χ1n) is 6.88. The standard InChI is InChI=1S/C15H21ClN4O.ClH/c1-15(2,8-17)9-20(3)7-13-18-12-5-4-10(16)6-11(12)14(21)19-13;/h4-6H,7-9,17H2,1-3H3,(H,18,19,21);1H. The SMILES string of the molecule is CN(Cc1nc2ccc(Cl)cc2c(=O)[nH]1)CC(C)(C)CN.Cl. The second-order valence-corrected chi connectivity index (χ2v) is 6.65. The summed E-state index contributed by atoms with van der Waals surface area (Å²) in [5.74, 6) is 0.644. The van der Waals surface area contributed by atoms with Crippen molar-refractivity contribution in [3.63, 3.8) is 0 Å². The minimum atomic E-state index is -0.163. The van der Waals surface area contributed by atoms with Crippen molar-refractivity contribution in [3.05, 3.63) is 39.4 Å². The quantitative estimate of drug-likeness (QED) is 0.873. The lowest BCUT2D eigenvalue weighted by Crippen LogP contribution is -2.37. The number of benzene rings is 1. The van der Waals surface area contributed by atoms with E-state index >= 15 is 0 Å². The van der Waals surface area contributed by atoms with E-state index in [1.807, 2.05) is 7.05 Å². The molecule has 0 bridgehead atoms. The molecule has 0 saturated carbocycles. The van der Waals surface area contributed by atoms with Gasteiger partial charge in [-0.25, -0.2) is 4.98 Å². The molecular weight excluding hydrogens is 323 g/mol. The number of H-pyrrole nitrogens is 1. The number of hydrogen-bond acceptors (Lipinski definition) is 4. The Hall–Kier alpha value is -1.14. The normalized spacial score (nSPS) is 11.7. The fourth-order valence-electron chi connectivity index (χ4n) is 2.34. The van der Waals surface area contributed by atoms with Gasteiger partial charge in [-0.05, 0) is 37.2 Å². The monoisotopic (exact) mass is 344 g/mol. The molecule has 0 spiro atoms. The van der Waals surface area contributed by atoms with E-state index in [9.17, 15) is 4.79 Å². The van der Waals surface area contributed by atoms with E-state index in [4.69, 9.17) is 17.3 Å². The van der Waals surface area contributed by atoms with Crippen LogP contribution in [0.25, 0.3) is 10.9 Å². The van der Waals surface area contributed by atoms with E-state index in [-0.39, 0.29) is 23.4 Å². The van der Waals surface area contributed by atoms with Gasteiger partial charge >= 0.3 is 0 Å². The summed E-state index contributed by atoms with van der Waals surface area (Å²) in [5, 5.41) is 1.04. The Morgan fingerprint density at radius 3 is 2.73 bits per heavy atom. The number of aromatic amines is 1. The minimum absolute atomic E-state index is 0. The maximum absolute atomic E-state index is 12.1. The Morgan fingerprint density at radius 1 is 1.41 bits per heavy atom. The van der Waals surface area contributed by atoms with E-state index in [1.54, 1.807) is 18.2 Å². The zero-order valence-corrected chi connectivity index (χ0v) is 14.6. The first-order valence-corrected chi connectivity index (χ1v) is 7.25. The van der Waals surface area contributed by atoms with Gasteiger partial charge in [0.15, 0.2) is 0 Å². The Bertz CT molecular complexity index is 699. The fraction of sp³-hybridized carbons (Fsp3) is 0.467. The van der Waals surface area contributed by atoms with Crippen molar-refractivity contribution in [2.24, 2.45) is 11.1 Å². The third kappa shape index (κ3) is 4.68. The highest BCUT2D eigenvalue weighted by molar-refractivity contribution is 6.31. The predicted molar refractivity (Wildman–Crippen MR) is 93.8 cm³/mol. The van der Waals surface area contributed by atoms with Crippen LogP contribution in [-0.4, -0.2) is 35.0 Å². The molecule has 0 aliphatic carbocycles. The summed E-state index contributed by atoms with van der Waals surface area (Å²) < 4.78 is 0. The summed E-state index contributed by atoms with van der Waals surface area (Å²) in [6.45, 7) is 6.23. The van der Waals surface area contributed by atoms with Gasteiger partial charge in [-0.1, -0.05) is 25.4 Å². The van der Waals surface area contributed by atoms with Gasteiger partial charge in [-0.2, -0.15) is 0 Å². The summed E-state index contributed by atoms with van der Waals surface area (Å²) in [6.07, 6.45) is 0. The van der Waals surface area contributed by atoms with Crippen LogP contribution in [0.4, 0.5) is 0 Å². The molecule has 5 nitrogen and oxygen atoms in total. The summed E-state index contributed by atoms with van der Waals surface area (Å²) in [7, 11) is 1.99. The van der Waals surface area contributed by atoms with Crippen LogP contribution >= 0.6 is 24.0 Å². The molecule has 7 heteroatoms. The van der Waals surface area contributed by atoms with Gasteiger partial charge in [0.1, 0.15) is 5.82 Å². The van der Waals surface area contributed by atoms with Crippen LogP contribution in [0.5, 0.6) is 0 Å². The summed E-state index contributed by atoms with van der Waals surface area (Å²) >= 11 is 5.90. The smallest absolute Gasteiger partial charge is 0.258 e. The van der Waals surface area contributed by atoms with Crippen molar-refractivity contribution in [2.45, 2.75) is 20.4 Å². The van der Waals surface area contributed by atoms with Crippen molar-refractivity contribution in [3.8, 4) is 0 Å². The molecule has 0 unspecified atom stereocenters. The van der Waals surface area contributed by atoms with E-state index in [0.717, 1.165) is 6.54 Å². The van der Waals surface area contributed by atoms with Gasteiger partial charge in [0.25, 0.3) is 5.56 Å². The van der Waals surface area contributed by atoms with Gasteiger partial charge in [-0.3, -0.25) is 9.69 Å². The number of hydrogen-bond donors (Lipinski definition) is 2. The largest absolute Gasteiger partial charge is 0.330 e. The van der Waals surface area contributed by atoms with E-state index in [0.29, 0.717) is 34.8 Å². The molecule has 0 radical (unpaired) electrons. The van der Waals surface area contributed by atoms with Crippen LogP contribution < -0.4 is 11.3 Å². The van der Waals surface area contributed by atoms with Crippen LogP contribution in [0, 0.1) is 5.41 Å². The highest BCUT2D eigenvalue weighted by Gasteiger charge is 2.18. The second kappa shape index (κ2) is 7.42. The Labute approximate surface area is 141 Å². The first-order chi connectivity index (χ1) is 9.80. The molecule has 2 aromatic rings. The zero-order chi connectivity index (χ0) is 15.6. The van der Waals surface area contributed by atoms with Crippen molar-refractivity contribution >= 4 is 34.9 Å². The molecule has 122 valence electrons. The predicted octanol–water partition coefficient (Wildman–Crippen LogP) is 2.42. The van der Waals surface area contributed by atoms with Crippen LogP contribution in [0.3, 0.4) is 0 Å². The molecule has 0 saturated heterocycles. The molecule has 3 N–H and O–H groups in total. The number of nitrogens with two attached hydrogens (primary N) is 1. The lowest BCUT2D eigenvalue weighted by atomic mass is 9.93. The minimum Gasteiger partial charge on any atom is -0.330 e. The third-order valence-electron chi connectivity index (χ3n) is 3.39. The van der Waals surface area contributed by atoms with Gasteiger partial charge in [-0.15, -0.1) is 12.4 Å². The maximum Gasteiger partial charge on any atom is 0.258 e. The average Bonchev–Trinajstić information content (AvgIpc) is 2.39. The molecule has 0 amide bonds. The van der Waals surface area contributed by atoms with Gasteiger partial charge < -0.3 is 10.7 Å². The van der Waals surface area contributed by atoms with E-state index in [2.05, 4.69) is 28.7 Å². The Kier molecular flexibility index (Phi) is 6.38. The van der Waals surface area contributed by atoms with Crippen LogP contribution in [0.1, 0.15) is 19.7 Å². The molecule has 0 fully saturated rings. The van der Waals surface area contributed by atoms with Crippen molar-refractivity contribution in [1.29, 1.82) is 0 Å². The summed E-state index contributed by atoms with van der Waals surface area (Å²) in [5.41, 5.74) is 6.27. The zero-order valence-electron chi connectivity index (χ0n) is 13.0. The van der Waals surface area contributed by atoms with Crippen LogP contribution in [0.2, 0.25) is 5.02 Å². The molecule has 0 atom stereocenters. The Balaban J connectivity index is 0.00000242. The second-order valence-electron chi connectivity index (χ2n) is 6.21. The number of halogens is 2. The number of rotatable bonds is 5. The van der Waals surface area contributed by atoms with Crippen LogP contribution in [-0.2, 0) is 6.54 Å². The molecular formula is C15H22Cl2N4O. The number of aromatic nitrogens is 2. The van der Waals surface area contributed by atoms with E-state index in [1.165, 1.54) is 0 Å².